The second-order valence-electron chi connectivity index (χ2n) is 6.43. The molecule has 2 aliphatic carbocycles. The van der Waals surface area contributed by atoms with Crippen LogP contribution in [0.4, 0.5) is 0 Å². The Labute approximate surface area is 136 Å². The predicted molar refractivity (Wildman–Crippen MR) is 87.9 cm³/mol. The summed E-state index contributed by atoms with van der Waals surface area (Å²) in [5.41, 5.74) is 0. The average molecular weight is 394 g/mol. The normalized spacial score (nSPS) is 34.5. The quantitative estimate of drug-likeness (QED) is 0.425. The van der Waals surface area contributed by atoms with Crippen molar-refractivity contribution >= 4 is 28.6 Å². The van der Waals surface area contributed by atoms with Crippen LogP contribution in [0.25, 0.3) is 0 Å². The van der Waals surface area contributed by atoms with Gasteiger partial charge in [0.15, 0.2) is 0 Å². The fourth-order valence-corrected chi connectivity index (χ4v) is 4.14. The molecule has 2 bridgehead atoms. The van der Waals surface area contributed by atoms with Crippen molar-refractivity contribution < 1.29 is 14.6 Å². The van der Waals surface area contributed by atoms with Gasteiger partial charge in [0, 0.05) is 6.61 Å². The first-order valence-corrected chi connectivity index (χ1v) is 9.35. The van der Waals surface area contributed by atoms with Crippen LogP contribution in [0.1, 0.15) is 58.3 Å². The summed E-state index contributed by atoms with van der Waals surface area (Å²) in [6.07, 6.45) is 9.04. The largest absolute Gasteiger partial charge is 0.461 e. The number of rotatable bonds is 6. The molecule has 20 heavy (non-hydrogen) atoms. The SMILES string of the molecule is CCC(I)C(=O)OC1C(CCCO)CC2CCCC1C2. The first-order chi connectivity index (χ1) is 9.65. The minimum Gasteiger partial charge on any atom is -0.461 e. The summed E-state index contributed by atoms with van der Waals surface area (Å²) >= 11 is 2.19. The first-order valence-electron chi connectivity index (χ1n) is 8.11. The lowest BCUT2D eigenvalue weighted by atomic mass is 9.65. The van der Waals surface area contributed by atoms with Gasteiger partial charge in [0.05, 0.1) is 0 Å². The average Bonchev–Trinajstić information content (AvgIpc) is 2.47. The Morgan fingerprint density at radius 2 is 2.20 bits per heavy atom. The fraction of sp³-hybridized carbons (Fsp3) is 0.938. The molecule has 0 aromatic carbocycles. The zero-order valence-electron chi connectivity index (χ0n) is 12.4. The monoisotopic (exact) mass is 394 g/mol. The lowest BCUT2D eigenvalue weighted by Crippen LogP contribution is -2.43. The number of ether oxygens (including phenoxy) is 1. The van der Waals surface area contributed by atoms with Gasteiger partial charge in [-0.25, -0.2) is 0 Å². The van der Waals surface area contributed by atoms with Gasteiger partial charge in [-0.2, -0.15) is 0 Å². The van der Waals surface area contributed by atoms with Crippen molar-refractivity contribution in [2.24, 2.45) is 17.8 Å². The number of alkyl halides is 1. The van der Waals surface area contributed by atoms with E-state index in [-0.39, 0.29) is 22.6 Å². The molecule has 0 spiro atoms. The third kappa shape index (κ3) is 4.09. The maximum absolute atomic E-state index is 12.1. The number of carbonyl (C=O) groups is 1. The zero-order valence-corrected chi connectivity index (χ0v) is 14.5. The van der Waals surface area contributed by atoms with E-state index in [0.717, 1.165) is 25.2 Å². The van der Waals surface area contributed by atoms with Gasteiger partial charge in [0.25, 0.3) is 0 Å². The maximum Gasteiger partial charge on any atom is 0.319 e. The highest BCUT2D eigenvalue weighted by Crippen LogP contribution is 2.45. The van der Waals surface area contributed by atoms with Gasteiger partial charge in [-0.15, -0.1) is 0 Å². The van der Waals surface area contributed by atoms with Gasteiger partial charge in [0.1, 0.15) is 10.0 Å². The van der Waals surface area contributed by atoms with Crippen molar-refractivity contribution in [3.05, 3.63) is 0 Å². The molecule has 5 atom stereocenters. The summed E-state index contributed by atoms with van der Waals surface area (Å²) in [7, 11) is 0. The molecule has 2 rings (SSSR count). The molecular formula is C16H27IO3. The van der Waals surface area contributed by atoms with Crippen molar-refractivity contribution in [2.75, 3.05) is 6.61 Å². The number of esters is 1. The Morgan fingerprint density at radius 3 is 2.90 bits per heavy atom. The topological polar surface area (TPSA) is 46.5 Å². The molecule has 116 valence electrons. The Kier molecular flexibility index (Phi) is 6.59. The summed E-state index contributed by atoms with van der Waals surface area (Å²) in [6, 6.07) is 0. The smallest absolute Gasteiger partial charge is 0.319 e. The highest BCUT2D eigenvalue weighted by atomic mass is 127. The summed E-state index contributed by atoms with van der Waals surface area (Å²) < 4.78 is 5.89. The number of halogens is 1. The molecule has 0 radical (unpaired) electrons. The molecule has 0 saturated heterocycles. The number of fused-ring (bicyclic) bond motifs is 2. The van der Waals surface area contributed by atoms with Gasteiger partial charge in [-0.05, 0) is 56.3 Å². The fourth-order valence-electron chi connectivity index (χ4n) is 3.99. The van der Waals surface area contributed by atoms with Crippen molar-refractivity contribution in [3.8, 4) is 0 Å². The predicted octanol–water partition coefficient (Wildman–Crippen LogP) is 3.71. The first kappa shape index (κ1) is 16.5. The van der Waals surface area contributed by atoms with Crippen LogP contribution < -0.4 is 0 Å². The van der Waals surface area contributed by atoms with Crippen LogP contribution >= 0.6 is 22.6 Å². The van der Waals surface area contributed by atoms with Crippen LogP contribution in [0.5, 0.6) is 0 Å². The molecule has 2 aliphatic rings. The Bertz CT molecular complexity index is 321. The van der Waals surface area contributed by atoms with E-state index in [4.69, 9.17) is 9.84 Å². The molecule has 0 aliphatic heterocycles. The molecule has 0 aromatic rings. The third-order valence-corrected chi connectivity index (χ3v) is 6.38. The number of aliphatic hydroxyl groups excluding tert-OH is 1. The Balaban J connectivity index is 2.01. The van der Waals surface area contributed by atoms with Gasteiger partial charge in [0.2, 0.25) is 0 Å². The zero-order chi connectivity index (χ0) is 14.5. The summed E-state index contributed by atoms with van der Waals surface area (Å²) in [5, 5.41) is 9.09. The van der Waals surface area contributed by atoms with Crippen LogP contribution in [-0.2, 0) is 9.53 Å². The highest BCUT2D eigenvalue weighted by Gasteiger charge is 2.42. The second-order valence-corrected chi connectivity index (χ2v) is 7.94. The molecule has 5 unspecified atom stereocenters. The molecule has 1 N–H and O–H groups in total. The van der Waals surface area contributed by atoms with Gasteiger partial charge >= 0.3 is 5.97 Å². The number of carbonyl (C=O) groups excluding carboxylic acids is 1. The van der Waals surface area contributed by atoms with Crippen molar-refractivity contribution in [3.63, 3.8) is 0 Å². The minimum absolute atomic E-state index is 0.0209. The molecule has 2 fully saturated rings. The van der Waals surface area contributed by atoms with Crippen molar-refractivity contribution in [1.82, 2.24) is 0 Å². The standard InChI is InChI=1S/C16H27IO3/c1-2-14(17)16(19)20-15-12-6-3-5-11(9-12)10-13(15)7-4-8-18/h11-15,18H,2-10H2,1H3. The number of hydrogen-bond donors (Lipinski definition) is 1. The molecule has 3 nitrogen and oxygen atoms in total. The van der Waals surface area contributed by atoms with E-state index in [1.807, 2.05) is 6.92 Å². The van der Waals surface area contributed by atoms with Crippen LogP contribution in [0.2, 0.25) is 0 Å². The maximum atomic E-state index is 12.1. The molecular weight excluding hydrogens is 367 g/mol. The molecule has 0 aromatic heterocycles. The van der Waals surface area contributed by atoms with E-state index in [1.165, 1.54) is 32.1 Å². The van der Waals surface area contributed by atoms with Crippen LogP contribution in [-0.4, -0.2) is 27.7 Å². The second kappa shape index (κ2) is 7.97. The van der Waals surface area contributed by atoms with Gasteiger partial charge in [-0.1, -0.05) is 42.4 Å². The Morgan fingerprint density at radius 1 is 1.40 bits per heavy atom. The number of hydrogen-bond acceptors (Lipinski definition) is 3. The summed E-state index contributed by atoms with van der Waals surface area (Å²) in [5.74, 6) is 1.83. The van der Waals surface area contributed by atoms with E-state index in [0.29, 0.717) is 11.8 Å². The van der Waals surface area contributed by atoms with Gasteiger partial charge in [-0.3, -0.25) is 4.79 Å². The van der Waals surface area contributed by atoms with E-state index >= 15 is 0 Å². The van der Waals surface area contributed by atoms with Crippen LogP contribution in [0.3, 0.4) is 0 Å². The lowest BCUT2D eigenvalue weighted by molar-refractivity contribution is -0.160. The minimum atomic E-state index is -0.0314. The van der Waals surface area contributed by atoms with Crippen molar-refractivity contribution in [2.45, 2.75) is 68.3 Å². The van der Waals surface area contributed by atoms with E-state index in [2.05, 4.69) is 22.6 Å². The Hall–Kier alpha value is 0.160. The molecule has 2 saturated carbocycles. The third-order valence-electron chi connectivity index (χ3n) is 4.99. The van der Waals surface area contributed by atoms with Crippen LogP contribution in [0, 0.1) is 17.8 Å². The lowest BCUT2D eigenvalue weighted by Gasteiger charge is -2.45. The highest BCUT2D eigenvalue weighted by molar-refractivity contribution is 14.1. The summed E-state index contributed by atoms with van der Waals surface area (Å²) in [4.78, 5) is 12.1. The van der Waals surface area contributed by atoms with E-state index in [1.54, 1.807) is 0 Å². The van der Waals surface area contributed by atoms with Crippen LogP contribution in [0.15, 0.2) is 0 Å². The molecule has 4 heteroatoms. The van der Waals surface area contributed by atoms with E-state index < -0.39 is 0 Å². The van der Waals surface area contributed by atoms with E-state index in [9.17, 15) is 4.79 Å². The van der Waals surface area contributed by atoms with Gasteiger partial charge < -0.3 is 9.84 Å². The molecule has 0 amide bonds. The summed E-state index contributed by atoms with van der Waals surface area (Å²) in [6.45, 7) is 2.27. The van der Waals surface area contributed by atoms with Crippen molar-refractivity contribution in [1.29, 1.82) is 0 Å². The number of aliphatic hydroxyl groups is 1. The molecule has 0 heterocycles.